The summed E-state index contributed by atoms with van der Waals surface area (Å²) in [5.74, 6) is 0.110. The van der Waals surface area contributed by atoms with Crippen LogP contribution in [0.1, 0.15) is 4.88 Å². The van der Waals surface area contributed by atoms with Crippen LogP contribution in [-0.2, 0) is 16.6 Å². The minimum Gasteiger partial charge on any atom is -0.212 e. The van der Waals surface area contributed by atoms with Gasteiger partial charge in [0.05, 0.1) is 5.75 Å². The fraction of sp³-hybridized carbons (Fsp3) is 0.500. The van der Waals surface area contributed by atoms with E-state index in [0.717, 1.165) is 9.35 Å². The van der Waals surface area contributed by atoms with Crippen molar-refractivity contribution >= 4 is 48.9 Å². The number of thiophene rings is 1. The number of alkyl halides is 1. The summed E-state index contributed by atoms with van der Waals surface area (Å²) >= 11 is 10.3. The lowest BCUT2D eigenvalue weighted by atomic mass is 10.5. The fourth-order valence-electron chi connectivity index (χ4n) is 1.01. The molecule has 0 spiro atoms. The molecule has 1 rings (SSSR count). The van der Waals surface area contributed by atoms with E-state index in [-0.39, 0.29) is 11.6 Å². The van der Waals surface area contributed by atoms with E-state index in [9.17, 15) is 8.42 Å². The smallest absolute Gasteiger partial charge is 0.212 e. The Kier molecular flexibility index (Phi) is 5.05. The largest absolute Gasteiger partial charge is 0.215 e. The summed E-state index contributed by atoms with van der Waals surface area (Å²) in [7, 11) is -1.64. The van der Waals surface area contributed by atoms with Gasteiger partial charge in [-0.05, 0) is 22.0 Å². The molecule has 15 heavy (non-hydrogen) atoms. The predicted molar refractivity (Wildman–Crippen MR) is 68.0 cm³/mol. The van der Waals surface area contributed by atoms with Crippen molar-refractivity contribution in [2.24, 2.45) is 0 Å². The monoisotopic (exact) mass is 331 g/mol. The number of sulfonamides is 1. The van der Waals surface area contributed by atoms with E-state index < -0.39 is 10.0 Å². The van der Waals surface area contributed by atoms with Gasteiger partial charge in [0, 0.05) is 34.2 Å². The third-order valence-electron chi connectivity index (χ3n) is 1.81. The van der Waals surface area contributed by atoms with Gasteiger partial charge in [0.25, 0.3) is 0 Å². The molecule has 7 heteroatoms. The maximum absolute atomic E-state index is 11.6. The minimum atomic E-state index is -3.21. The Balaban J connectivity index is 2.67. The molecule has 0 amide bonds. The first-order valence-corrected chi connectivity index (χ1v) is 8.00. The molecule has 0 saturated carbocycles. The molecule has 86 valence electrons. The van der Waals surface area contributed by atoms with Crippen LogP contribution in [0, 0.1) is 0 Å². The summed E-state index contributed by atoms with van der Waals surface area (Å²) in [6.45, 7) is 0.398. The Labute approximate surface area is 107 Å². The predicted octanol–water partition coefficient (Wildman–Crippen LogP) is 2.51. The van der Waals surface area contributed by atoms with Crippen molar-refractivity contribution in [3.05, 3.63) is 20.8 Å². The van der Waals surface area contributed by atoms with Gasteiger partial charge in [-0.3, -0.25) is 0 Å². The third-order valence-corrected chi connectivity index (χ3v) is 5.70. The Bertz CT molecular complexity index is 418. The molecular formula is C8H11BrClNO2S2. The molecule has 0 N–H and O–H groups in total. The number of nitrogens with zero attached hydrogens (tertiary/aromatic N) is 1. The van der Waals surface area contributed by atoms with Crippen LogP contribution < -0.4 is 0 Å². The van der Waals surface area contributed by atoms with Crippen molar-refractivity contribution < 1.29 is 8.42 Å². The van der Waals surface area contributed by atoms with Crippen molar-refractivity contribution in [3.63, 3.8) is 0 Å². The highest BCUT2D eigenvalue weighted by molar-refractivity contribution is 9.10. The van der Waals surface area contributed by atoms with Crippen LogP contribution >= 0.6 is 38.9 Å². The first kappa shape index (κ1) is 13.4. The lowest BCUT2D eigenvalue weighted by Gasteiger charge is -2.14. The molecule has 0 bridgehead atoms. The average molecular weight is 333 g/mol. The standard InChI is InChI=1S/C8H11BrClNO2S2/c1-11(15(12,13)3-2-10)5-8-4-7(9)6-14-8/h4,6H,2-3,5H2,1H3. The summed E-state index contributed by atoms with van der Waals surface area (Å²) in [6, 6.07) is 1.91. The number of rotatable bonds is 5. The average Bonchev–Trinajstić information content (AvgIpc) is 2.51. The van der Waals surface area contributed by atoms with Crippen molar-refractivity contribution in [1.29, 1.82) is 0 Å². The normalized spacial score (nSPS) is 12.3. The fourth-order valence-corrected chi connectivity index (χ4v) is 4.02. The molecule has 1 heterocycles. The zero-order valence-electron chi connectivity index (χ0n) is 8.11. The summed E-state index contributed by atoms with van der Waals surface area (Å²) < 4.78 is 25.5. The molecule has 0 aliphatic rings. The number of hydrogen-bond acceptors (Lipinski definition) is 3. The van der Waals surface area contributed by atoms with Gasteiger partial charge in [0.15, 0.2) is 0 Å². The van der Waals surface area contributed by atoms with Crippen molar-refractivity contribution in [2.45, 2.75) is 6.54 Å². The van der Waals surface area contributed by atoms with Crippen LogP contribution in [0.3, 0.4) is 0 Å². The molecule has 0 unspecified atom stereocenters. The second-order valence-electron chi connectivity index (χ2n) is 2.99. The summed E-state index contributed by atoms with van der Waals surface area (Å²) in [6.07, 6.45) is 0. The Morgan fingerprint density at radius 1 is 1.60 bits per heavy atom. The van der Waals surface area contributed by atoms with E-state index in [1.165, 1.54) is 15.6 Å². The Hall–Kier alpha value is 0.380. The van der Waals surface area contributed by atoms with Crippen molar-refractivity contribution in [1.82, 2.24) is 4.31 Å². The van der Waals surface area contributed by atoms with Crippen molar-refractivity contribution in [3.8, 4) is 0 Å². The van der Waals surface area contributed by atoms with Gasteiger partial charge in [-0.2, -0.15) is 4.31 Å². The second kappa shape index (κ2) is 5.63. The van der Waals surface area contributed by atoms with Crippen LogP contribution in [0.15, 0.2) is 15.9 Å². The van der Waals surface area contributed by atoms with Gasteiger partial charge in [-0.25, -0.2) is 8.42 Å². The van der Waals surface area contributed by atoms with E-state index >= 15 is 0 Å². The van der Waals surface area contributed by atoms with E-state index in [4.69, 9.17) is 11.6 Å². The SMILES string of the molecule is CN(Cc1cc(Br)cs1)S(=O)(=O)CCCl. The first-order chi connectivity index (χ1) is 6.95. The maximum Gasteiger partial charge on any atom is 0.215 e. The first-order valence-electron chi connectivity index (χ1n) is 4.18. The maximum atomic E-state index is 11.6. The molecule has 0 fully saturated rings. The Morgan fingerprint density at radius 2 is 2.27 bits per heavy atom. The molecule has 1 aromatic heterocycles. The Morgan fingerprint density at radius 3 is 2.73 bits per heavy atom. The summed E-state index contributed by atoms with van der Waals surface area (Å²) in [5, 5.41) is 1.93. The molecule has 0 saturated heterocycles. The molecule has 0 aromatic carbocycles. The van der Waals surface area contributed by atoms with Gasteiger partial charge >= 0.3 is 0 Å². The molecule has 3 nitrogen and oxygen atoms in total. The third kappa shape index (κ3) is 4.03. The highest BCUT2D eigenvalue weighted by Gasteiger charge is 2.17. The van der Waals surface area contributed by atoms with Crippen LogP contribution in [0.2, 0.25) is 0 Å². The molecule has 0 radical (unpaired) electrons. The molecule has 0 atom stereocenters. The molecule has 0 aliphatic carbocycles. The van der Waals surface area contributed by atoms with Gasteiger partial charge in [0.1, 0.15) is 0 Å². The number of halogens is 2. The highest BCUT2D eigenvalue weighted by Crippen LogP contribution is 2.21. The van der Waals surface area contributed by atoms with Crippen LogP contribution in [-0.4, -0.2) is 31.4 Å². The van der Waals surface area contributed by atoms with Gasteiger partial charge in [0.2, 0.25) is 10.0 Å². The van der Waals surface area contributed by atoms with E-state index in [2.05, 4.69) is 15.9 Å². The molecule has 1 aromatic rings. The van der Waals surface area contributed by atoms with E-state index in [1.54, 1.807) is 7.05 Å². The zero-order valence-corrected chi connectivity index (χ0v) is 12.1. The van der Waals surface area contributed by atoms with Gasteiger partial charge < -0.3 is 0 Å². The quantitative estimate of drug-likeness (QED) is 0.777. The van der Waals surface area contributed by atoms with E-state index in [0.29, 0.717) is 6.54 Å². The second-order valence-corrected chi connectivity index (χ2v) is 7.48. The number of hydrogen-bond donors (Lipinski definition) is 0. The lowest BCUT2D eigenvalue weighted by Crippen LogP contribution is -2.29. The molecule has 0 aliphatic heterocycles. The van der Waals surface area contributed by atoms with Crippen molar-refractivity contribution in [2.75, 3.05) is 18.7 Å². The van der Waals surface area contributed by atoms with Crippen LogP contribution in [0.4, 0.5) is 0 Å². The topological polar surface area (TPSA) is 37.4 Å². The zero-order chi connectivity index (χ0) is 11.5. The van der Waals surface area contributed by atoms with Gasteiger partial charge in [-0.15, -0.1) is 22.9 Å². The van der Waals surface area contributed by atoms with Gasteiger partial charge in [-0.1, -0.05) is 0 Å². The minimum absolute atomic E-state index is 0.0163. The highest BCUT2D eigenvalue weighted by atomic mass is 79.9. The van der Waals surface area contributed by atoms with Crippen LogP contribution in [0.5, 0.6) is 0 Å². The van der Waals surface area contributed by atoms with E-state index in [1.807, 2.05) is 11.4 Å². The molecular weight excluding hydrogens is 322 g/mol. The summed E-state index contributed by atoms with van der Waals surface area (Å²) in [4.78, 5) is 1.00. The van der Waals surface area contributed by atoms with Crippen LogP contribution in [0.25, 0.3) is 0 Å². The summed E-state index contributed by atoms with van der Waals surface area (Å²) in [5.41, 5.74) is 0. The lowest BCUT2D eigenvalue weighted by molar-refractivity contribution is 0.471.